The zero-order valence-corrected chi connectivity index (χ0v) is 25.5. The normalized spacial score (nSPS) is 18.0. The summed E-state index contributed by atoms with van der Waals surface area (Å²) in [5, 5.41) is 22.5. The van der Waals surface area contributed by atoms with Gasteiger partial charge in [-0.15, -0.1) is 0 Å². The highest BCUT2D eigenvalue weighted by Gasteiger charge is 2.46. The molecule has 0 fully saturated rings. The maximum absolute atomic E-state index is 14.0. The molecule has 0 saturated heterocycles. The Hall–Kier alpha value is -4.42. The minimum absolute atomic E-state index is 0.0899. The van der Waals surface area contributed by atoms with Crippen LogP contribution in [-0.2, 0) is 11.4 Å². The lowest BCUT2D eigenvalue weighted by atomic mass is 9.68. The molecule has 9 heteroatoms. The number of anilines is 1. The number of ketones is 1. The van der Waals surface area contributed by atoms with E-state index in [2.05, 4.69) is 22.0 Å². The number of para-hydroxylation sites is 3. The van der Waals surface area contributed by atoms with E-state index in [0.29, 0.717) is 23.4 Å². The van der Waals surface area contributed by atoms with Gasteiger partial charge < -0.3 is 10.5 Å². The summed E-state index contributed by atoms with van der Waals surface area (Å²) >= 11 is 3.52. The molecule has 1 unspecified atom stereocenters. The lowest BCUT2D eigenvalue weighted by Crippen LogP contribution is -2.42. The Morgan fingerprint density at radius 3 is 2.50 bits per heavy atom. The molecule has 1 atom stereocenters. The van der Waals surface area contributed by atoms with Crippen molar-refractivity contribution in [3.8, 4) is 11.8 Å². The Kier molecular flexibility index (Phi) is 7.69. The van der Waals surface area contributed by atoms with Gasteiger partial charge in [0.1, 0.15) is 23.9 Å². The predicted octanol–water partition coefficient (Wildman–Crippen LogP) is 7.49. The molecule has 3 aromatic carbocycles. The first-order chi connectivity index (χ1) is 19.9. The summed E-state index contributed by atoms with van der Waals surface area (Å²) in [6.07, 6.45) is 0.744. The number of Topliss-reactive ketones (excluding diaryl/α,β-unsaturated/α-hetero) is 1. The number of nitrogens with zero attached hydrogens (tertiary/aromatic N) is 3. The van der Waals surface area contributed by atoms with Gasteiger partial charge in [-0.25, -0.2) is 0 Å². The van der Waals surface area contributed by atoms with Crippen molar-refractivity contribution in [2.45, 2.75) is 53.1 Å². The SMILES string of the molecule is Cc1cc(C)c(C2C(C#N)=C(N)N(c3ccccc3[N+](=O)[O-])C3=C2C(=O)CC(C)(C)C3)cc1COc1ccccc1Br. The number of hydrogen-bond donors (Lipinski definition) is 1. The average Bonchev–Trinajstić information content (AvgIpc) is 2.92. The van der Waals surface area contributed by atoms with E-state index >= 15 is 0 Å². The summed E-state index contributed by atoms with van der Waals surface area (Å²) in [4.78, 5) is 27.1. The van der Waals surface area contributed by atoms with Crippen LogP contribution in [0, 0.1) is 40.7 Å². The number of carbonyl (C=O) groups is 1. The number of nitrogens with two attached hydrogens (primary N) is 1. The fraction of sp³-hybridized carbons (Fsp3) is 0.273. The summed E-state index contributed by atoms with van der Waals surface area (Å²) in [7, 11) is 0. The van der Waals surface area contributed by atoms with Gasteiger partial charge in [-0.2, -0.15) is 5.26 Å². The third kappa shape index (κ3) is 5.19. The molecule has 1 aliphatic heterocycles. The molecule has 1 aliphatic carbocycles. The van der Waals surface area contributed by atoms with Crippen molar-refractivity contribution in [1.82, 2.24) is 0 Å². The van der Waals surface area contributed by atoms with Crippen molar-refractivity contribution in [3.63, 3.8) is 0 Å². The number of hydrogen-bond acceptors (Lipinski definition) is 7. The van der Waals surface area contributed by atoms with E-state index in [0.717, 1.165) is 26.7 Å². The molecular weight excluding hydrogens is 596 g/mol. The van der Waals surface area contributed by atoms with Gasteiger partial charge in [0.15, 0.2) is 5.78 Å². The van der Waals surface area contributed by atoms with E-state index in [1.54, 1.807) is 23.1 Å². The first-order valence-corrected chi connectivity index (χ1v) is 14.4. The number of nitriles is 1. The molecule has 8 nitrogen and oxygen atoms in total. The van der Waals surface area contributed by atoms with Crippen molar-refractivity contribution in [3.05, 3.63) is 120 Å². The topological polar surface area (TPSA) is 122 Å². The molecule has 2 N–H and O–H groups in total. The summed E-state index contributed by atoms with van der Waals surface area (Å²) < 4.78 is 6.96. The van der Waals surface area contributed by atoms with Crippen LogP contribution in [-0.4, -0.2) is 10.7 Å². The first-order valence-electron chi connectivity index (χ1n) is 13.6. The molecule has 5 rings (SSSR count). The Morgan fingerprint density at radius 2 is 1.81 bits per heavy atom. The minimum Gasteiger partial charge on any atom is -0.488 e. The highest BCUT2D eigenvalue weighted by Crippen LogP contribution is 2.52. The quantitative estimate of drug-likeness (QED) is 0.222. The molecule has 0 saturated carbocycles. The Bertz CT molecular complexity index is 1730. The number of carbonyl (C=O) groups excluding carboxylic acids is 1. The fourth-order valence-corrected chi connectivity index (χ4v) is 6.40. The van der Waals surface area contributed by atoms with E-state index in [1.165, 1.54) is 6.07 Å². The van der Waals surface area contributed by atoms with Crippen LogP contribution < -0.4 is 15.4 Å². The van der Waals surface area contributed by atoms with Gasteiger partial charge in [0.2, 0.25) is 0 Å². The van der Waals surface area contributed by atoms with Crippen LogP contribution in [0.25, 0.3) is 0 Å². The summed E-state index contributed by atoms with van der Waals surface area (Å²) in [6.45, 7) is 8.23. The predicted molar refractivity (Wildman–Crippen MR) is 165 cm³/mol. The van der Waals surface area contributed by atoms with Crippen molar-refractivity contribution in [2.24, 2.45) is 11.1 Å². The maximum Gasteiger partial charge on any atom is 0.293 e. The number of benzene rings is 3. The lowest BCUT2D eigenvalue weighted by Gasteiger charge is -2.43. The van der Waals surface area contributed by atoms with Crippen LogP contribution in [0.15, 0.2) is 87.8 Å². The number of aryl methyl sites for hydroxylation is 2. The summed E-state index contributed by atoms with van der Waals surface area (Å²) in [5.41, 5.74) is 11.3. The third-order valence-electron chi connectivity index (χ3n) is 7.96. The number of halogens is 1. The third-order valence-corrected chi connectivity index (χ3v) is 8.61. The van der Waals surface area contributed by atoms with Gasteiger partial charge >= 0.3 is 0 Å². The fourth-order valence-electron chi connectivity index (χ4n) is 6.00. The second kappa shape index (κ2) is 11.1. The minimum atomic E-state index is -0.713. The summed E-state index contributed by atoms with van der Waals surface area (Å²) in [5.74, 6) is -0.0168. The number of allylic oxidation sites excluding steroid dienone is 3. The molecule has 0 bridgehead atoms. The van der Waals surface area contributed by atoms with Crippen LogP contribution in [0.4, 0.5) is 11.4 Å². The highest BCUT2D eigenvalue weighted by atomic mass is 79.9. The van der Waals surface area contributed by atoms with Crippen LogP contribution in [0.1, 0.15) is 54.9 Å². The Balaban J connectivity index is 1.70. The maximum atomic E-state index is 14.0. The molecular formula is C33H31BrN4O4. The van der Waals surface area contributed by atoms with Crippen LogP contribution in [0.2, 0.25) is 0 Å². The monoisotopic (exact) mass is 626 g/mol. The van der Waals surface area contributed by atoms with Gasteiger partial charge in [0.05, 0.1) is 27.0 Å². The Morgan fingerprint density at radius 1 is 1.12 bits per heavy atom. The number of ether oxygens (including phenoxy) is 1. The number of nitro benzene ring substituents is 1. The molecule has 1 heterocycles. The number of nitro groups is 1. The van der Waals surface area contributed by atoms with Crippen LogP contribution in [0.5, 0.6) is 5.75 Å². The van der Waals surface area contributed by atoms with E-state index in [1.807, 2.05) is 64.1 Å². The standard InChI is InChI=1S/C33H31BrN4O4/c1-19-13-20(2)22(14-21(19)18-42-29-12-8-5-9-24(29)34)30-23(17-35)32(36)37(25-10-6-7-11-26(25)38(40)41)27-15-33(3,4)16-28(39)31(27)30/h5-14,30H,15-16,18,36H2,1-4H3. The highest BCUT2D eigenvalue weighted by molar-refractivity contribution is 9.10. The summed E-state index contributed by atoms with van der Waals surface area (Å²) in [6, 6.07) is 20.2. The first kappa shape index (κ1) is 29.1. The van der Waals surface area contributed by atoms with E-state index < -0.39 is 16.3 Å². The number of rotatable bonds is 6. The van der Waals surface area contributed by atoms with Crippen molar-refractivity contribution < 1.29 is 14.5 Å². The molecule has 3 aromatic rings. The molecule has 2 aliphatic rings. The lowest BCUT2D eigenvalue weighted by molar-refractivity contribution is -0.384. The van der Waals surface area contributed by atoms with Gasteiger partial charge in [-0.1, -0.05) is 50.2 Å². The van der Waals surface area contributed by atoms with E-state index in [9.17, 15) is 20.2 Å². The van der Waals surface area contributed by atoms with Gasteiger partial charge in [-0.3, -0.25) is 19.8 Å². The molecule has 0 aromatic heterocycles. The smallest absolute Gasteiger partial charge is 0.293 e. The molecule has 0 radical (unpaired) electrons. The zero-order valence-electron chi connectivity index (χ0n) is 23.9. The van der Waals surface area contributed by atoms with Crippen LogP contribution >= 0.6 is 15.9 Å². The van der Waals surface area contributed by atoms with Gasteiger partial charge in [0.25, 0.3) is 5.69 Å². The van der Waals surface area contributed by atoms with Crippen molar-refractivity contribution in [2.75, 3.05) is 4.90 Å². The van der Waals surface area contributed by atoms with E-state index in [4.69, 9.17) is 10.5 Å². The molecule has 0 amide bonds. The van der Waals surface area contributed by atoms with Crippen molar-refractivity contribution >= 4 is 33.1 Å². The largest absolute Gasteiger partial charge is 0.488 e. The van der Waals surface area contributed by atoms with Crippen molar-refractivity contribution in [1.29, 1.82) is 5.26 Å². The second-order valence-corrected chi connectivity index (χ2v) is 12.4. The molecule has 214 valence electrons. The Labute approximate surface area is 253 Å². The van der Waals surface area contributed by atoms with E-state index in [-0.39, 0.29) is 41.6 Å². The average molecular weight is 628 g/mol. The van der Waals surface area contributed by atoms with Crippen LogP contribution in [0.3, 0.4) is 0 Å². The zero-order chi connectivity index (χ0) is 30.3. The molecule has 0 spiro atoms. The van der Waals surface area contributed by atoms with Gasteiger partial charge in [0, 0.05) is 23.8 Å². The second-order valence-electron chi connectivity index (χ2n) is 11.6. The van der Waals surface area contributed by atoms with Gasteiger partial charge in [-0.05, 0) is 82.1 Å². The molecule has 42 heavy (non-hydrogen) atoms.